The molecule has 0 aromatic carbocycles. The van der Waals surface area contributed by atoms with Crippen molar-refractivity contribution in [2.45, 2.75) is 64.9 Å². The van der Waals surface area contributed by atoms with E-state index in [4.69, 9.17) is 9.72 Å². The summed E-state index contributed by atoms with van der Waals surface area (Å²) < 4.78 is 5.56. The Kier molecular flexibility index (Phi) is 6.77. The number of pyridine rings is 1. The molecule has 0 spiro atoms. The van der Waals surface area contributed by atoms with E-state index in [0.717, 1.165) is 68.7 Å². The Bertz CT molecular complexity index is 744. The molecule has 3 rings (SSSR count). The number of carboxylic acid groups (broad SMARTS) is 1. The molecule has 7 heteroatoms. The fourth-order valence-corrected chi connectivity index (χ4v) is 4.06. The molecule has 1 atom stereocenters. The zero-order chi connectivity index (χ0) is 21.0. The number of fused-ring (bicyclic) bond motifs is 1. The van der Waals surface area contributed by atoms with Gasteiger partial charge < -0.3 is 14.7 Å². The zero-order valence-electron chi connectivity index (χ0n) is 17.8. The lowest BCUT2D eigenvalue weighted by Crippen LogP contribution is -2.40. The standard InChI is InChI=1S/C22H33N3O4/c1-22(2,3)29-21(28)25-14-5-7-16-10-11-18(23-19(16)25)9-6-13-24-12-4-8-17(15-24)20(26)27/h10-11,17H,4-9,12-15H2,1-3H3,(H,26,27). The number of hydrogen-bond acceptors (Lipinski definition) is 5. The van der Waals surface area contributed by atoms with Gasteiger partial charge in [0.25, 0.3) is 0 Å². The second-order valence-electron chi connectivity index (χ2n) is 9.10. The summed E-state index contributed by atoms with van der Waals surface area (Å²) in [6, 6.07) is 4.13. The number of carbonyl (C=O) groups excluding carboxylic acids is 1. The van der Waals surface area contributed by atoms with Crippen molar-refractivity contribution in [3.63, 3.8) is 0 Å². The van der Waals surface area contributed by atoms with Crippen molar-refractivity contribution >= 4 is 17.9 Å². The third-order valence-electron chi connectivity index (χ3n) is 5.47. The predicted octanol–water partition coefficient (Wildman–Crippen LogP) is 3.50. The van der Waals surface area contributed by atoms with Crippen LogP contribution in [0.4, 0.5) is 10.6 Å². The lowest BCUT2D eigenvalue weighted by molar-refractivity contribution is -0.143. The molecule has 1 saturated heterocycles. The van der Waals surface area contributed by atoms with Crippen LogP contribution in [-0.2, 0) is 22.4 Å². The van der Waals surface area contributed by atoms with E-state index in [1.165, 1.54) is 0 Å². The van der Waals surface area contributed by atoms with Crippen LogP contribution in [0.15, 0.2) is 12.1 Å². The fraction of sp³-hybridized carbons (Fsp3) is 0.682. The number of anilines is 1. The Morgan fingerprint density at radius 1 is 1.24 bits per heavy atom. The molecule has 1 aromatic heterocycles. The predicted molar refractivity (Wildman–Crippen MR) is 111 cm³/mol. The van der Waals surface area contributed by atoms with Crippen LogP contribution in [0, 0.1) is 5.92 Å². The van der Waals surface area contributed by atoms with Crippen molar-refractivity contribution in [1.82, 2.24) is 9.88 Å². The summed E-state index contributed by atoms with van der Waals surface area (Å²) in [7, 11) is 0. The van der Waals surface area contributed by atoms with Gasteiger partial charge in [0.05, 0.1) is 5.92 Å². The maximum absolute atomic E-state index is 12.6. The first-order valence-corrected chi connectivity index (χ1v) is 10.7. The van der Waals surface area contributed by atoms with Crippen LogP contribution in [0.3, 0.4) is 0 Å². The average molecular weight is 404 g/mol. The van der Waals surface area contributed by atoms with E-state index < -0.39 is 11.6 Å². The number of likely N-dealkylation sites (tertiary alicyclic amines) is 1. The van der Waals surface area contributed by atoms with Crippen LogP contribution in [0.25, 0.3) is 0 Å². The quantitative estimate of drug-likeness (QED) is 0.810. The Hall–Kier alpha value is -2.15. The summed E-state index contributed by atoms with van der Waals surface area (Å²) in [6.07, 6.45) is 4.95. The largest absolute Gasteiger partial charge is 0.481 e. The Morgan fingerprint density at radius 2 is 2.03 bits per heavy atom. The highest BCUT2D eigenvalue weighted by molar-refractivity contribution is 5.88. The monoisotopic (exact) mass is 403 g/mol. The van der Waals surface area contributed by atoms with Gasteiger partial charge in [0.15, 0.2) is 0 Å². The van der Waals surface area contributed by atoms with Gasteiger partial charge in [-0.05, 0) is 84.0 Å². The highest BCUT2D eigenvalue weighted by atomic mass is 16.6. The lowest BCUT2D eigenvalue weighted by atomic mass is 9.98. The van der Waals surface area contributed by atoms with Gasteiger partial charge >= 0.3 is 12.1 Å². The van der Waals surface area contributed by atoms with Gasteiger partial charge in [0.1, 0.15) is 11.4 Å². The summed E-state index contributed by atoms with van der Waals surface area (Å²) in [6.45, 7) is 8.72. The molecule has 0 saturated carbocycles. The molecule has 160 valence electrons. The number of rotatable bonds is 5. The first-order valence-electron chi connectivity index (χ1n) is 10.7. The van der Waals surface area contributed by atoms with Gasteiger partial charge in [0.2, 0.25) is 0 Å². The number of ether oxygens (including phenoxy) is 1. The number of carbonyl (C=O) groups is 2. The number of nitrogens with zero attached hydrogens (tertiary/aromatic N) is 3. The molecule has 0 radical (unpaired) electrons. The molecule has 1 fully saturated rings. The number of carboxylic acids is 1. The first-order chi connectivity index (χ1) is 13.7. The smallest absolute Gasteiger partial charge is 0.416 e. The molecule has 0 aliphatic carbocycles. The van der Waals surface area contributed by atoms with Gasteiger partial charge in [-0.25, -0.2) is 9.78 Å². The Balaban J connectivity index is 1.60. The van der Waals surface area contributed by atoms with E-state index in [9.17, 15) is 14.7 Å². The molecule has 7 nitrogen and oxygen atoms in total. The fourth-order valence-electron chi connectivity index (χ4n) is 4.06. The minimum Gasteiger partial charge on any atom is -0.481 e. The molecule has 2 aliphatic rings. The van der Waals surface area contributed by atoms with Gasteiger partial charge in [-0.2, -0.15) is 0 Å². The lowest BCUT2D eigenvalue weighted by Gasteiger charge is -2.31. The molecule has 29 heavy (non-hydrogen) atoms. The van der Waals surface area contributed by atoms with Crippen molar-refractivity contribution in [1.29, 1.82) is 0 Å². The summed E-state index contributed by atoms with van der Waals surface area (Å²) in [5.41, 5.74) is 1.52. The molecule has 2 aliphatic heterocycles. The molecule has 3 heterocycles. The van der Waals surface area contributed by atoms with Crippen molar-refractivity contribution in [3.05, 3.63) is 23.4 Å². The minimum atomic E-state index is -0.687. The SMILES string of the molecule is CC(C)(C)OC(=O)N1CCCc2ccc(CCCN3CCCC(C(=O)O)C3)nc21. The van der Waals surface area contributed by atoms with E-state index in [-0.39, 0.29) is 12.0 Å². The van der Waals surface area contributed by atoms with E-state index in [2.05, 4.69) is 11.0 Å². The van der Waals surface area contributed by atoms with E-state index in [1.807, 2.05) is 26.8 Å². The summed E-state index contributed by atoms with van der Waals surface area (Å²) in [4.78, 5) is 32.5. The number of piperidine rings is 1. The second kappa shape index (κ2) is 9.11. The minimum absolute atomic E-state index is 0.243. The van der Waals surface area contributed by atoms with E-state index in [1.54, 1.807) is 4.90 Å². The third-order valence-corrected chi connectivity index (χ3v) is 5.47. The highest BCUT2D eigenvalue weighted by Gasteiger charge is 2.29. The number of aryl methyl sites for hydroxylation is 2. The molecular formula is C22H33N3O4. The molecular weight excluding hydrogens is 370 g/mol. The zero-order valence-corrected chi connectivity index (χ0v) is 17.8. The van der Waals surface area contributed by atoms with Crippen LogP contribution < -0.4 is 4.90 Å². The molecule has 1 aromatic rings. The number of aromatic nitrogens is 1. The van der Waals surface area contributed by atoms with Gasteiger partial charge in [0, 0.05) is 18.8 Å². The third kappa shape index (κ3) is 5.92. The Labute approximate surface area is 173 Å². The maximum Gasteiger partial charge on any atom is 0.416 e. The van der Waals surface area contributed by atoms with Crippen molar-refractivity contribution < 1.29 is 19.4 Å². The van der Waals surface area contributed by atoms with Crippen molar-refractivity contribution in [2.24, 2.45) is 5.92 Å². The molecule has 1 amide bonds. The normalized spacial score (nSPS) is 20.2. The topological polar surface area (TPSA) is 83.0 Å². The maximum atomic E-state index is 12.6. The van der Waals surface area contributed by atoms with Crippen molar-refractivity contribution in [3.8, 4) is 0 Å². The summed E-state index contributed by atoms with van der Waals surface area (Å²) in [5.74, 6) is -0.201. The molecule has 1 N–H and O–H groups in total. The molecule has 0 bridgehead atoms. The highest BCUT2D eigenvalue weighted by Crippen LogP contribution is 2.27. The average Bonchev–Trinajstić information content (AvgIpc) is 2.66. The van der Waals surface area contributed by atoms with Gasteiger partial charge in [-0.15, -0.1) is 0 Å². The second-order valence-corrected chi connectivity index (χ2v) is 9.10. The van der Waals surface area contributed by atoms with Crippen LogP contribution >= 0.6 is 0 Å². The van der Waals surface area contributed by atoms with Crippen molar-refractivity contribution in [2.75, 3.05) is 31.1 Å². The summed E-state index contributed by atoms with van der Waals surface area (Å²) in [5, 5.41) is 9.23. The Morgan fingerprint density at radius 3 is 2.76 bits per heavy atom. The van der Waals surface area contributed by atoms with E-state index >= 15 is 0 Å². The van der Waals surface area contributed by atoms with Gasteiger partial charge in [-0.3, -0.25) is 9.69 Å². The van der Waals surface area contributed by atoms with E-state index in [0.29, 0.717) is 13.1 Å². The number of hydrogen-bond donors (Lipinski definition) is 1. The number of amides is 1. The van der Waals surface area contributed by atoms with Gasteiger partial charge in [-0.1, -0.05) is 6.07 Å². The summed E-state index contributed by atoms with van der Waals surface area (Å²) >= 11 is 0. The van der Waals surface area contributed by atoms with Crippen LogP contribution in [0.2, 0.25) is 0 Å². The molecule has 1 unspecified atom stereocenters. The van der Waals surface area contributed by atoms with Crippen LogP contribution in [0.1, 0.15) is 57.7 Å². The van der Waals surface area contributed by atoms with Crippen LogP contribution in [0.5, 0.6) is 0 Å². The first kappa shape index (κ1) is 21.6. The van der Waals surface area contributed by atoms with Crippen LogP contribution in [-0.4, -0.2) is 58.8 Å². The number of aliphatic carboxylic acids is 1.